The maximum atomic E-state index is 11.4. The van der Waals surface area contributed by atoms with E-state index in [0.29, 0.717) is 11.7 Å². The summed E-state index contributed by atoms with van der Waals surface area (Å²) in [5.41, 5.74) is 0.794. The second-order valence-corrected chi connectivity index (χ2v) is 5.39. The number of ketones is 1. The number of nitrogens with zero attached hydrogens (tertiary/aromatic N) is 4. The Morgan fingerprint density at radius 2 is 2.20 bits per heavy atom. The summed E-state index contributed by atoms with van der Waals surface area (Å²) in [6, 6.07) is 0. The Morgan fingerprint density at radius 3 is 2.65 bits per heavy atom. The summed E-state index contributed by atoms with van der Waals surface area (Å²) in [7, 11) is 3.62. The molecule has 0 saturated heterocycles. The standard InChI is InChI=1S/C12H14N4O3S/c1-7(17)10-9(11(18)19)14-12(20-10)15(2)5-8-4-13-16(3)6-8/h4,6H,5H2,1-3H3,(H,18,19). The van der Waals surface area contributed by atoms with E-state index in [-0.39, 0.29) is 16.4 Å². The van der Waals surface area contributed by atoms with Gasteiger partial charge in [-0.2, -0.15) is 5.10 Å². The molecule has 0 bridgehead atoms. The van der Waals surface area contributed by atoms with Gasteiger partial charge >= 0.3 is 5.97 Å². The first-order chi connectivity index (χ1) is 9.38. The topological polar surface area (TPSA) is 88.3 Å². The molecule has 106 valence electrons. The molecule has 0 radical (unpaired) electrons. The van der Waals surface area contributed by atoms with Crippen molar-refractivity contribution < 1.29 is 14.7 Å². The second kappa shape index (κ2) is 5.41. The number of aromatic carboxylic acids is 1. The zero-order chi connectivity index (χ0) is 14.9. The number of carbonyl (C=O) groups is 2. The number of Topliss-reactive ketones (excluding diaryl/α,β-unsaturated/α-hetero) is 1. The molecule has 0 amide bonds. The molecule has 0 aliphatic heterocycles. The van der Waals surface area contributed by atoms with Crippen LogP contribution >= 0.6 is 11.3 Å². The van der Waals surface area contributed by atoms with E-state index in [1.165, 1.54) is 6.92 Å². The van der Waals surface area contributed by atoms with Crippen LogP contribution in [0.15, 0.2) is 12.4 Å². The number of anilines is 1. The van der Waals surface area contributed by atoms with E-state index in [2.05, 4.69) is 10.1 Å². The lowest BCUT2D eigenvalue weighted by atomic mass is 10.3. The molecule has 0 unspecified atom stereocenters. The number of carboxylic acid groups (broad SMARTS) is 1. The third-order valence-electron chi connectivity index (χ3n) is 2.64. The molecule has 0 saturated carbocycles. The summed E-state index contributed by atoms with van der Waals surface area (Å²) in [6.45, 7) is 1.88. The van der Waals surface area contributed by atoms with Crippen LogP contribution in [-0.4, -0.2) is 38.7 Å². The van der Waals surface area contributed by atoms with Gasteiger partial charge in [-0.3, -0.25) is 9.48 Å². The largest absolute Gasteiger partial charge is 0.476 e. The fourth-order valence-electron chi connectivity index (χ4n) is 1.75. The first-order valence-corrected chi connectivity index (χ1v) is 6.64. The fourth-order valence-corrected chi connectivity index (χ4v) is 2.66. The predicted molar refractivity (Wildman–Crippen MR) is 74.4 cm³/mol. The molecular formula is C12H14N4O3S. The Morgan fingerprint density at radius 1 is 1.50 bits per heavy atom. The second-order valence-electron chi connectivity index (χ2n) is 4.41. The summed E-state index contributed by atoms with van der Waals surface area (Å²) in [6.07, 6.45) is 3.60. The van der Waals surface area contributed by atoms with E-state index in [1.807, 2.05) is 13.2 Å². The van der Waals surface area contributed by atoms with Crippen molar-refractivity contribution in [2.45, 2.75) is 13.5 Å². The van der Waals surface area contributed by atoms with Gasteiger partial charge in [0.15, 0.2) is 16.6 Å². The first kappa shape index (κ1) is 14.2. The van der Waals surface area contributed by atoms with Gasteiger partial charge in [0.2, 0.25) is 0 Å². The Kier molecular flexibility index (Phi) is 3.84. The van der Waals surface area contributed by atoms with E-state index >= 15 is 0 Å². The van der Waals surface area contributed by atoms with E-state index < -0.39 is 5.97 Å². The van der Waals surface area contributed by atoms with Crippen LogP contribution in [0.4, 0.5) is 5.13 Å². The molecule has 0 fully saturated rings. The minimum absolute atomic E-state index is 0.172. The molecule has 8 heteroatoms. The van der Waals surface area contributed by atoms with Gasteiger partial charge < -0.3 is 10.0 Å². The van der Waals surface area contributed by atoms with Gasteiger partial charge in [0.05, 0.1) is 6.20 Å². The molecule has 2 aromatic heterocycles. The lowest BCUT2D eigenvalue weighted by Gasteiger charge is -2.13. The van der Waals surface area contributed by atoms with Crippen molar-refractivity contribution in [1.29, 1.82) is 0 Å². The summed E-state index contributed by atoms with van der Waals surface area (Å²) >= 11 is 1.09. The third kappa shape index (κ3) is 2.85. The summed E-state index contributed by atoms with van der Waals surface area (Å²) in [4.78, 5) is 28.5. The molecule has 0 atom stereocenters. The van der Waals surface area contributed by atoms with E-state index in [0.717, 1.165) is 16.9 Å². The molecule has 0 aliphatic carbocycles. The van der Waals surface area contributed by atoms with Gasteiger partial charge in [0.25, 0.3) is 0 Å². The number of carbonyl (C=O) groups excluding carboxylic acids is 1. The van der Waals surface area contributed by atoms with Crippen LogP contribution in [-0.2, 0) is 13.6 Å². The van der Waals surface area contributed by atoms with Crippen molar-refractivity contribution in [3.63, 3.8) is 0 Å². The first-order valence-electron chi connectivity index (χ1n) is 5.82. The quantitative estimate of drug-likeness (QED) is 0.839. The van der Waals surface area contributed by atoms with E-state index in [1.54, 1.807) is 22.8 Å². The van der Waals surface area contributed by atoms with Crippen molar-refractivity contribution in [1.82, 2.24) is 14.8 Å². The molecule has 20 heavy (non-hydrogen) atoms. The molecule has 2 rings (SSSR count). The van der Waals surface area contributed by atoms with Gasteiger partial charge in [0.1, 0.15) is 4.88 Å². The summed E-state index contributed by atoms with van der Waals surface area (Å²) in [5, 5.41) is 13.6. The van der Waals surface area contributed by atoms with Crippen LogP contribution in [0.5, 0.6) is 0 Å². The normalized spacial score (nSPS) is 10.6. The third-order valence-corrected chi connectivity index (χ3v) is 3.91. The number of hydrogen-bond acceptors (Lipinski definition) is 6. The van der Waals surface area contributed by atoms with Crippen molar-refractivity contribution in [3.8, 4) is 0 Å². The molecule has 2 aromatic rings. The van der Waals surface area contributed by atoms with Crippen molar-refractivity contribution in [2.75, 3.05) is 11.9 Å². The lowest BCUT2D eigenvalue weighted by Crippen LogP contribution is -2.16. The highest BCUT2D eigenvalue weighted by Crippen LogP contribution is 2.27. The minimum atomic E-state index is -1.19. The average molecular weight is 294 g/mol. The zero-order valence-corrected chi connectivity index (χ0v) is 12.1. The molecular weight excluding hydrogens is 280 g/mol. The minimum Gasteiger partial charge on any atom is -0.476 e. The molecule has 7 nitrogen and oxygen atoms in total. The number of rotatable bonds is 5. The molecule has 0 aliphatic rings. The van der Waals surface area contributed by atoms with Crippen molar-refractivity contribution >= 4 is 28.2 Å². The number of hydrogen-bond donors (Lipinski definition) is 1. The van der Waals surface area contributed by atoms with E-state index in [9.17, 15) is 9.59 Å². The number of carboxylic acids is 1. The lowest BCUT2D eigenvalue weighted by molar-refractivity contribution is 0.0687. The summed E-state index contributed by atoms with van der Waals surface area (Å²) < 4.78 is 1.69. The monoisotopic (exact) mass is 294 g/mol. The number of thiazole rings is 1. The number of aryl methyl sites for hydroxylation is 1. The van der Waals surface area contributed by atoms with Gasteiger partial charge in [-0.15, -0.1) is 0 Å². The Bertz CT molecular complexity index is 630. The summed E-state index contributed by atoms with van der Waals surface area (Å²) in [5.74, 6) is -1.48. The predicted octanol–water partition coefficient (Wildman–Crippen LogP) is 1.41. The van der Waals surface area contributed by atoms with Crippen LogP contribution in [0.1, 0.15) is 32.6 Å². The maximum Gasteiger partial charge on any atom is 0.356 e. The Hall–Kier alpha value is -2.22. The molecule has 0 aromatic carbocycles. The van der Waals surface area contributed by atoms with Crippen molar-refractivity contribution in [3.05, 3.63) is 28.5 Å². The zero-order valence-electron chi connectivity index (χ0n) is 11.3. The highest BCUT2D eigenvalue weighted by atomic mass is 32.1. The van der Waals surface area contributed by atoms with E-state index in [4.69, 9.17) is 5.11 Å². The smallest absolute Gasteiger partial charge is 0.356 e. The molecule has 1 N–H and O–H groups in total. The SMILES string of the molecule is CC(=O)c1sc(N(C)Cc2cnn(C)c2)nc1C(=O)O. The highest BCUT2D eigenvalue weighted by molar-refractivity contribution is 7.17. The fraction of sp³-hybridized carbons (Fsp3) is 0.333. The van der Waals surface area contributed by atoms with Gasteiger partial charge in [0, 0.05) is 39.3 Å². The molecule has 2 heterocycles. The van der Waals surface area contributed by atoms with Gasteiger partial charge in [-0.05, 0) is 0 Å². The van der Waals surface area contributed by atoms with Crippen molar-refractivity contribution in [2.24, 2.45) is 7.05 Å². The van der Waals surface area contributed by atoms with Crippen LogP contribution in [0.2, 0.25) is 0 Å². The van der Waals surface area contributed by atoms with Crippen LogP contribution in [0, 0.1) is 0 Å². The van der Waals surface area contributed by atoms with Crippen LogP contribution in [0.3, 0.4) is 0 Å². The molecule has 0 spiro atoms. The Balaban J connectivity index is 2.26. The van der Waals surface area contributed by atoms with Crippen LogP contribution < -0.4 is 4.90 Å². The Labute approximate surface area is 119 Å². The average Bonchev–Trinajstić information content (AvgIpc) is 2.95. The number of aromatic nitrogens is 3. The van der Waals surface area contributed by atoms with Crippen LogP contribution in [0.25, 0.3) is 0 Å². The highest BCUT2D eigenvalue weighted by Gasteiger charge is 2.22. The van der Waals surface area contributed by atoms with Gasteiger partial charge in [-0.1, -0.05) is 11.3 Å². The maximum absolute atomic E-state index is 11.4. The van der Waals surface area contributed by atoms with Gasteiger partial charge in [-0.25, -0.2) is 9.78 Å².